The average molecular weight is 291 g/mol. The van der Waals surface area contributed by atoms with E-state index in [1.807, 2.05) is 0 Å². The van der Waals surface area contributed by atoms with Gasteiger partial charge in [-0.1, -0.05) is 12.1 Å². The molecule has 2 aromatic carbocycles. The van der Waals surface area contributed by atoms with Gasteiger partial charge in [0.15, 0.2) is 5.78 Å². The van der Waals surface area contributed by atoms with Crippen molar-refractivity contribution in [1.29, 1.82) is 0 Å². The molecule has 104 valence electrons. The van der Waals surface area contributed by atoms with E-state index >= 15 is 0 Å². The molecule has 5 nitrogen and oxygen atoms in total. The van der Waals surface area contributed by atoms with E-state index in [1.165, 1.54) is 49.4 Å². The van der Waals surface area contributed by atoms with E-state index in [0.29, 0.717) is 11.3 Å². The van der Waals surface area contributed by atoms with Crippen molar-refractivity contribution < 1.29 is 18.3 Å². The number of phenolic OH excluding ortho intramolecular Hbond substituents is 1. The Morgan fingerprint density at radius 1 is 1.10 bits per heavy atom. The highest BCUT2D eigenvalue weighted by Gasteiger charge is 2.15. The van der Waals surface area contributed by atoms with Gasteiger partial charge in [0.1, 0.15) is 5.75 Å². The summed E-state index contributed by atoms with van der Waals surface area (Å²) in [5, 5.41) is 9.15. The van der Waals surface area contributed by atoms with Gasteiger partial charge >= 0.3 is 0 Å². The highest BCUT2D eigenvalue weighted by Crippen LogP contribution is 2.19. The van der Waals surface area contributed by atoms with E-state index in [4.69, 9.17) is 5.11 Å². The highest BCUT2D eigenvalue weighted by molar-refractivity contribution is 7.92. The van der Waals surface area contributed by atoms with Crippen molar-refractivity contribution in [2.24, 2.45) is 0 Å². The van der Waals surface area contributed by atoms with Crippen molar-refractivity contribution in [1.82, 2.24) is 0 Å². The van der Waals surface area contributed by atoms with Crippen LogP contribution in [0.4, 0.5) is 5.69 Å². The van der Waals surface area contributed by atoms with E-state index in [0.717, 1.165) is 0 Å². The molecule has 0 aliphatic carbocycles. The molecule has 2 aromatic rings. The largest absolute Gasteiger partial charge is 0.508 e. The molecule has 0 unspecified atom stereocenters. The molecule has 20 heavy (non-hydrogen) atoms. The lowest BCUT2D eigenvalue weighted by Gasteiger charge is -2.08. The number of carbonyl (C=O) groups is 1. The van der Waals surface area contributed by atoms with Crippen molar-refractivity contribution in [3.05, 3.63) is 54.1 Å². The Labute approximate surface area is 116 Å². The summed E-state index contributed by atoms with van der Waals surface area (Å²) < 4.78 is 26.7. The number of hydrogen-bond acceptors (Lipinski definition) is 4. The molecule has 0 bridgehead atoms. The fourth-order valence-corrected chi connectivity index (χ4v) is 2.73. The number of rotatable bonds is 4. The first-order valence-electron chi connectivity index (χ1n) is 5.81. The molecule has 6 heteroatoms. The molecule has 0 saturated heterocycles. The molecule has 0 spiro atoms. The standard InChI is InChI=1S/C14H13NO4S/c1-10(16)11-3-2-4-14(9-11)20(18,19)15-12-5-7-13(17)8-6-12/h2-9,15,17H,1H3. The summed E-state index contributed by atoms with van der Waals surface area (Å²) in [6.07, 6.45) is 0. The molecule has 2 rings (SSSR count). The first kappa shape index (κ1) is 14.1. The van der Waals surface area contributed by atoms with Crippen LogP contribution in [0.1, 0.15) is 17.3 Å². The average Bonchev–Trinajstić information content (AvgIpc) is 2.41. The number of carbonyl (C=O) groups excluding carboxylic acids is 1. The Bertz CT molecular complexity index is 736. The minimum atomic E-state index is -3.77. The number of sulfonamides is 1. The second kappa shape index (κ2) is 5.34. The SMILES string of the molecule is CC(=O)c1cccc(S(=O)(=O)Nc2ccc(O)cc2)c1. The van der Waals surface area contributed by atoms with Crippen molar-refractivity contribution in [2.45, 2.75) is 11.8 Å². The number of hydrogen-bond donors (Lipinski definition) is 2. The quantitative estimate of drug-likeness (QED) is 0.669. The zero-order chi connectivity index (χ0) is 14.8. The third kappa shape index (κ3) is 3.16. The number of benzene rings is 2. The first-order valence-corrected chi connectivity index (χ1v) is 7.30. The van der Waals surface area contributed by atoms with Crippen LogP contribution in [-0.4, -0.2) is 19.3 Å². The molecule has 0 amide bonds. The Kier molecular flexibility index (Phi) is 3.76. The normalized spacial score (nSPS) is 11.1. The number of aromatic hydroxyl groups is 1. The molecule has 0 heterocycles. The molecule has 0 aliphatic heterocycles. The molecular formula is C14H13NO4S. The van der Waals surface area contributed by atoms with Gasteiger partial charge in [-0.2, -0.15) is 0 Å². The van der Waals surface area contributed by atoms with Crippen molar-refractivity contribution in [3.8, 4) is 5.75 Å². The summed E-state index contributed by atoms with van der Waals surface area (Å²) in [5.41, 5.74) is 0.662. The maximum absolute atomic E-state index is 12.2. The fraction of sp³-hybridized carbons (Fsp3) is 0.0714. The summed E-state index contributed by atoms with van der Waals surface area (Å²) in [5.74, 6) is -0.154. The maximum atomic E-state index is 12.2. The van der Waals surface area contributed by atoms with Gasteiger partial charge < -0.3 is 5.11 Å². The molecule has 2 N–H and O–H groups in total. The number of nitrogens with one attached hydrogen (secondary N) is 1. The molecular weight excluding hydrogens is 278 g/mol. The summed E-state index contributed by atoms with van der Waals surface area (Å²) in [7, 11) is -3.77. The number of phenols is 1. The third-order valence-corrected chi connectivity index (χ3v) is 4.05. The molecule has 0 fully saturated rings. The second-order valence-corrected chi connectivity index (χ2v) is 5.92. The van der Waals surface area contributed by atoms with Crippen molar-refractivity contribution in [3.63, 3.8) is 0 Å². The van der Waals surface area contributed by atoms with E-state index < -0.39 is 10.0 Å². The third-order valence-electron chi connectivity index (χ3n) is 2.67. The lowest BCUT2D eigenvalue weighted by atomic mass is 10.2. The Balaban J connectivity index is 2.33. The van der Waals surface area contributed by atoms with Crippen molar-refractivity contribution >= 4 is 21.5 Å². The Hall–Kier alpha value is -2.34. The van der Waals surface area contributed by atoms with Crippen LogP contribution >= 0.6 is 0 Å². The van der Waals surface area contributed by atoms with Crippen LogP contribution in [0.25, 0.3) is 0 Å². The predicted molar refractivity (Wildman–Crippen MR) is 75.4 cm³/mol. The van der Waals surface area contributed by atoms with Crippen LogP contribution in [-0.2, 0) is 10.0 Å². The van der Waals surface area contributed by atoms with Gasteiger partial charge in [-0.25, -0.2) is 8.42 Å². The molecule has 0 radical (unpaired) electrons. The number of ketones is 1. The summed E-state index contributed by atoms with van der Waals surface area (Å²) in [6, 6.07) is 11.5. The fourth-order valence-electron chi connectivity index (χ4n) is 1.63. The molecule has 0 saturated carbocycles. The monoisotopic (exact) mass is 291 g/mol. The maximum Gasteiger partial charge on any atom is 0.261 e. The van der Waals surface area contributed by atoms with Gasteiger partial charge in [0.05, 0.1) is 4.90 Å². The van der Waals surface area contributed by atoms with Crippen LogP contribution in [0.2, 0.25) is 0 Å². The zero-order valence-electron chi connectivity index (χ0n) is 10.7. The molecule has 0 aromatic heterocycles. The van der Waals surface area contributed by atoms with E-state index in [-0.39, 0.29) is 16.4 Å². The van der Waals surface area contributed by atoms with E-state index in [1.54, 1.807) is 6.07 Å². The van der Waals surface area contributed by atoms with Gasteiger partial charge in [0.2, 0.25) is 0 Å². The first-order chi connectivity index (χ1) is 9.38. The van der Waals surface area contributed by atoms with Gasteiger partial charge in [0, 0.05) is 11.3 Å². The van der Waals surface area contributed by atoms with E-state index in [9.17, 15) is 13.2 Å². The number of Topliss-reactive ketones (excluding diaryl/α,β-unsaturated/α-hetero) is 1. The van der Waals surface area contributed by atoms with Gasteiger partial charge in [-0.3, -0.25) is 9.52 Å². The summed E-state index contributed by atoms with van der Waals surface area (Å²) >= 11 is 0. The molecule has 0 atom stereocenters. The van der Waals surface area contributed by atoms with Crippen LogP contribution in [0, 0.1) is 0 Å². The van der Waals surface area contributed by atoms with Crippen LogP contribution < -0.4 is 4.72 Å². The Morgan fingerprint density at radius 2 is 1.75 bits per heavy atom. The number of anilines is 1. The van der Waals surface area contributed by atoms with Crippen LogP contribution in [0.5, 0.6) is 5.75 Å². The second-order valence-electron chi connectivity index (χ2n) is 4.24. The van der Waals surface area contributed by atoms with Crippen LogP contribution in [0.3, 0.4) is 0 Å². The summed E-state index contributed by atoms with van der Waals surface area (Å²) in [6.45, 7) is 1.37. The lowest BCUT2D eigenvalue weighted by molar-refractivity contribution is 0.101. The lowest BCUT2D eigenvalue weighted by Crippen LogP contribution is -2.13. The topological polar surface area (TPSA) is 83.5 Å². The minimum Gasteiger partial charge on any atom is -0.508 e. The molecule has 0 aliphatic rings. The minimum absolute atomic E-state index is 0.0123. The van der Waals surface area contributed by atoms with Gasteiger partial charge in [0.25, 0.3) is 10.0 Å². The summed E-state index contributed by atoms with van der Waals surface area (Å²) in [4.78, 5) is 11.3. The highest BCUT2D eigenvalue weighted by atomic mass is 32.2. The van der Waals surface area contributed by atoms with Gasteiger partial charge in [-0.05, 0) is 43.3 Å². The zero-order valence-corrected chi connectivity index (χ0v) is 11.5. The Morgan fingerprint density at radius 3 is 2.35 bits per heavy atom. The van der Waals surface area contributed by atoms with Gasteiger partial charge in [-0.15, -0.1) is 0 Å². The van der Waals surface area contributed by atoms with Crippen LogP contribution in [0.15, 0.2) is 53.4 Å². The predicted octanol–water partition coefficient (Wildman–Crippen LogP) is 2.40. The van der Waals surface area contributed by atoms with Crippen molar-refractivity contribution in [2.75, 3.05) is 4.72 Å². The van der Waals surface area contributed by atoms with E-state index in [2.05, 4.69) is 4.72 Å². The smallest absolute Gasteiger partial charge is 0.261 e.